The molecule has 0 spiro atoms. The van der Waals surface area contributed by atoms with E-state index in [0.29, 0.717) is 41.3 Å². The minimum Gasteiger partial charge on any atom is -0.493 e. The molecule has 0 aliphatic rings. The highest BCUT2D eigenvalue weighted by Gasteiger charge is 2.15. The van der Waals surface area contributed by atoms with Crippen molar-refractivity contribution >= 4 is 27.8 Å². The van der Waals surface area contributed by atoms with Crippen LogP contribution in [0.4, 0.5) is 0 Å². The molecule has 1 amide bonds. The number of carbonyl (C=O) groups is 1. The summed E-state index contributed by atoms with van der Waals surface area (Å²) in [4.78, 5) is 34.3. The Morgan fingerprint density at radius 1 is 1.10 bits per heavy atom. The molecule has 4 aromatic rings. The molecule has 160 valence electrons. The van der Waals surface area contributed by atoms with Crippen LogP contribution in [-0.4, -0.2) is 45.8 Å². The number of amides is 1. The van der Waals surface area contributed by atoms with Gasteiger partial charge in [0.05, 0.1) is 42.5 Å². The van der Waals surface area contributed by atoms with E-state index in [1.807, 2.05) is 28.8 Å². The summed E-state index contributed by atoms with van der Waals surface area (Å²) in [7, 11) is 3.02. The lowest BCUT2D eigenvalue weighted by Gasteiger charge is -2.13. The third-order valence-electron chi connectivity index (χ3n) is 5.15. The van der Waals surface area contributed by atoms with E-state index in [1.54, 1.807) is 25.4 Å². The van der Waals surface area contributed by atoms with Gasteiger partial charge in [-0.05, 0) is 25.1 Å². The molecule has 2 aromatic carbocycles. The smallest absolute Gasteiger partial charge is 0.262 e. The number of para-hydroxylation sites is 2. The molecule has 0 radical (unpaired) electrons. The molecule has 31 heavy (non-hydrogen) atoms. The van der Waals surface area contributed by atoms with Crippen LogP contribution in [0.1, 0.15) is 5.82 Å². The van der Waals surface area contributed by atoms with Crippen LogP contribution in [0.15, 0.2) is 47.5 Å². The number of fused-ring (bicyclic) bond motifs is 2. The van der Waals surface area contributed by atoms with Gasteiger partial charge in [0.25, 0.3) is 5.56 Å². The van der Waals surface area contributed by atoms with Gasteiger partial charge >= 0.3 is 0 Å². The van der Waals surface area contributed by atoms with Gasteiger partial charge in [-0.2, -0.15) is 0 Å². The van der Waals surface area contributed by atoms with Crippen LogP contribution in [-0.2, 0) is 17.9 Å². The van der Waals surface area contributed by atoms with E-state index in [4.69, 9.17) is 9.47 Å². The fraction of sp³-hybridized carbons (Fsp3) is 0.273. The Morgan fingerprint density at radius 2 is 1.84 bits per heavy atom. The predicted octanol–water partition coefficient (Wildman–Crippen LogP) is 1.89. The zero-order chi connectivity index (χ0) is 22.0. The van der Waals surface area contributed by atoms with Crippen LogP contribution < -0.4 is 20.3 Å². The van der Waals surface area contributed by atoms with Crippen molar-refractivity contribution < 1.29 is 14.3 Å². The first-order valence-corrected chi connectivity index (χ1v) is 9.81. The number of hydrogen-bond donors (Lipinski definition) is 1. The maximum atomic E-state index is 13.0. The summed E-state index contributed by atoms with van der Waals surface area (Å²) in [6, 6.07) is 11.0. The van der Waals surface area contributed by atoms with Gasteiger partial charge in [-0.1, -0.05) is 12.1 Å². The number of carbonyl (C=O) groups excluding carboxylic acids is 1. The summed E-state index contributed by atoms with van der Waals surface area (Å²) in [5.41, 5.74) is 2.10. The lowest BCUT2D eigenvalue weighted by molar-refractivity contribution is -0.121. The Hall–Kier alpha value is -3.88. The number of rotatable bonds is 7. The lowest BCUT2D eigenvalue weighted by Crippen LogP contribution is -2.35. The molecular formula is C22H23N5O4. The maximum Gasteiger partial charge on any atom is 0.262 e. The average molecular weight is 421 g/mol. The fourth-order valence-corrected chi connectivity index (χ4v) is 3.55. The third kappa shape index (κ3) is 3.94. The Kier molecular flexibility index (Phi) is 5.57. The van der Waals surface area contributed by atoms with Gasteiger partial charge in [-0.3, -0.25) is 14.2 Å². The molecule has 0 bridgehead atoms. The highest BCUT2D eigenvalue weighted by atomic mass is 16.5. The van der Waals surface area contributed by atoms with Crippen LogP contribution in [0.5, 0.6) is 11.5 Å². The van der Waals surface area contributed by atoms with Crippen molar-refractivity contribution in [1.82, 2.24) is 24.4 Å². The van der Waals surface area contributed by atoms with Gasteiger partial charge in [0.15, 0.2) is 11.5 Å². The van der Waals surface area contributed by atoms with E-state index in [0.717, 1.165) is 11.0 Å². The maximum absolute atomic E-state index is 13.0. The van der Waals surface area contributed by atoms with Crippen molar-refractivity contribution in [1.29, 1.82) is 0 Å². The zero-order valence-electron chi connectivity index (χ0n) is 17.6. The summed E-state index contributed by atoms with van der Waals surface area (Å²) in [6.45, 7) is 2.57. The third-order valence-corrected chi connectivity index (χ3v) is 5.15. The molecule has 0 saturated carbocycles. The Bertz CT molecular complexity index is 1320. The van der Waals surface area contributed by atoms with E-state index >= 15 is 0 Å². The first kappa shape index (κ1) is 20.4. The van der Waals surface area contributed by atoms with Crippen LogP contribution in [0, 0.1) is 6.92 Å². The quantitative estimate of drug-likeness (QED) is 0.489. The molecule has 2 aromatic heterocycles. The lowest BCUT2D eigenvalue weighted by atomic mass is 10.2. The van der Waals surface area contributed by atoms with Gasteiger partial charge in [0.2, 0.25) is 5.91 Å². The van der Waals surface area contributed by atoms with E-state index in [-0.39, 0.29) is 18.0 Å². The number of ether oxygens (including phenoxy) is 2. The minimum absolute atomic E-state index is 0.118. The molecule has 9 heteroatoms. The number of nitrogens with zero attached hydrogens (tertiary/aromatic N) is 4. The SMILES string of the molecule is COc1cc2nc(C)n(CC(=O)NCCn3cnc4ccccc43)c(=O)c2cc1OC. The topological polar surface area (TPSA) is 100 Å². The first-order valence-electron chi connectivity index (χ1n) is 9.81. The molecular weight excluding hydrogens is 398 g/mol. The monoisotopic (exact) mass is 421 g/mol. The van der Waals surface area contributed by atoms with E-state index in [2.05, 4.69) is 15.3 Å². The number of benzene rings is 2. The number of nitrogens with one attached hydrogen (secondary N) is 1. The Labute approximate surface area is 178 Å². The second-order valence-electron chi connectivity index (χ2n) is 7.05. The van der Waals surface area contributed by atoms with E-state index in [1.165, 1.54) is 18.8 Å². The highest BCUT2D eigenvalue weighted by molar-refractivity contribution is 5.82. The van der Waals surface area contributed by atoms with Gasteiger partial charge < -0.3 is 19.4 Å². The minimum atomic E-state index is -0.306. The van der Waals surface area contributed by atoms with Gasteiger partial charge in [0, 0.05) is 19.2 Å². The van der Waals surface area contributed by atoms with Gasteiger partial charge in [-0.25, -0.2) is 9.97 Å². The Morgan fingerprint density at radius 3 is 2.61 bits per heavy atom. The summed E-state index contributed by atoms with van der Waals surface area (Å²) >= 11 is 0. The number of aryl methyl sites for hydroxylation is 1. The van der Waals surface area contributed by atoms with E-state index < -0.39 is 0 Å². The second-order valence-corrected chi connectivity index (χ2v) is 7.05. The van der Waals surface area contributed by atoms with Crippen molar-refractivity contribution in [2.45, 2.75) is 20.0 Å². The first-order chi connectivity index (χ1) is 15.0. The number of imidazole rings is 1. The average Bonchev–Trinajstić information content (AvgIpc) is 3.19. The van der Waals surface area contributed by atoms with Crippen LogP contribution >= 0.6 is 0 Å². The van der Waals surface area contributed by atoms with Crippen molar-refractivity contribution in [3.63, 3.8) is 0 Å². The normalized spacial score (nSPS) is 11.1. The molecule has 4 rings (SSSR count). The van der Waals surface area contributed by atoms with Crippen molar-refractivity contribution in [3.8, 4) is 11.5 Å². The van der Waals surface area contributed by atoms with Crippen molar-refractivity contribution in [3.05, 3.63) is 58.9 Å². The largest absolute Gasteiger partial charge is 0.493 e. The predicted molar refractivity (Wildman–Crippen MR) is 117 cm³/mol. The van der Waals surface area contributed by atoms with Gasteiger partial charge in [-0.15, -0.1) is 0 Å². The number of hydrogen-bond acceptors (Lipinski definition) is 6. The summed E-state index contributed by atoms with van der Waals surface area (Å²) in [5, 5.41) is 3.22. The molecule has 0 atom stereocenters. The second kappa shape index (κ2) is 8.47. The molecule has 0 unspecified atom stereocenters. The van der Waals surface area contributed by atoms with Crippen molar-refractivity contribution in [2.24, 2.45) is 0 Å². The van der Waals surface area contributed by atoms with Gasteiger partial charge in [0.1, 0.15) is 12.4 Å². The van der Waals surface area contributed by atoms with Crippen LogP contribution in [0.25, 0.3) is 21.9 Å². The van der Waals surface area contributed by atoms with E-state index in [9.17, 15) is 9.59 Å². The highest BCUT2D eigenvalue weighted by Crippen LogP contribution is 2.30. The molecule has 0 saturated heterocycles. The molecule has 1 N–H and O–H groups in total. The molecule has 9 nitrogen and oxygen atoms in total. The molecule has 0 aliphatic heterocycles. The van der Waals surface area contributed by atoms with Crippen LogP contribution in [0.3, 0.4) is 0 Å². The van der Waals surface area contributed by atoms with Crippen molar-refractivity contribution in [2.75, 3.05) is 20.8 Å². The molecule has 2 heterocycles. The summed E-state index contributed by atoms with van der Waals surface area (Å²) in [6.07, 6.45) is 1.75. The standard InChI is InChI=1S/C22H23N5O4/c1-14-25-17-11-20(31-3)19(30-2)10-15(17)22(29)27(14)12-21(28)23-8-9-26-13-24-16-6-4-5-7-18(16)26/h4-7,10-11,13H,8-9,12H2,1-3H3,(H,23,28). The zero-order valence-corrected chi connectivity index (χ0v) is 17.6. The van der Waals surface area contributed by atoms with Crippen LogP contribution in [0.2, 0.25) is 0 Å². The Balaban J connectivity index is 1.49. The number of aromatic nitrogens is 4. The molecule has 0 fully saturated rings. The molecule has 0 aliphatic carbocycles. The number of methoxy groups -OCH3 is 2. The summed E-state index contributed by atoms with van der Waals surface area (Å²) < 4.78 is 13.9. The summed E-state index contributed by atoms with van der Waals surface area (Å²) in [5.74, 6) is 1.10. The fourth-order valence-electron chi connectivity index (χ4n) is 3.55.